The number of rotatable bonds is 49. The van der Waals surface area contributed by atoms with Crippen LogP contribution in [0.5, 0.6) is 0 Å². The smallest absolute Gasteiger partial charge is 0.305 e. The van der Waals surface area contributed by atoms with Crippen molar-refractivity contribution in [2.24, 2.45) is 29.6 Å². The Morgan fingerprint density at radius 3 is 1.16 bits per heavy atom. The molecule has 10 heteroatoms. The number of hydrogen-bond donors (Lipinski definition) is 0. The van der Waals surface area contributed by atoms with Gasteiger partial charge in [0.25, 0.3) is 0 Å². The average Bonchev–Trinajstić information content (AvgIpc) is 2.08. The first-order valence-corrected chi connectivity index (χ1v) is 34.3. The zero-order valence-electron chi connectivity index (χ0n) is 54.6. The van der Waals surface area contributed by atoms with Crippen LogP contribution in [0.4, 0.5) is 5.69 Å². The first-order chi connectivity index (χ1) is 40.4. The second-order valence-electron chi connectivity index (χ2n) is 24.3. The molecule has 1 heterocycles. The fourth-order valence-corrected chi connectivity index (χ4v) is 11.0. The maximum Gasteiger partial charge on any atom is 0.305 e. The van der Waals surface area contributed by atoms with Gasteiger partial charge < -0.3 is 18.9 Å². The van der Waals surface area contributed by atoms with Crippen LogP contribution in [0.1, 0.15) is 298 Å². The molecule has 0 spiro atoms. The monoisotopic (exact) mass is 1160 g/mol. The van der Waals surface area contributed by atoms with Crippen molar-refractivity contribution >= 4 is 35.4 Å². The number of allylic oxidation sites excluding steroid dienone is 6. The number of para-hydroxylation sites is 1. The number of carbonyl (C=O) groups excluding carboxylic acids is 5. The first kappa shape index (κ1) is 77.0. The summed E-state index contributed by atoms with van der Waals surface area (Å²) in [5, 5.41) is 0. The molecule has 5 atom stereocenters. The van der Waals surface area contributed by atoms with Crippen molar-refractivity contribution in [1.29, 1.82) is 0 Å². The summed E-state index contributed by atoms with van der Waals surface area (Å²) in [6.45, 7) is 13.7. The van der Waals surface area contributed by atoms with Crippen LogP contribution in [0.3, 0.4) is 0 Å². The number of amides is 2. The molecule has 0 aromatic heterocycles. The minimum Gasteiger partial charge on any atom is -0.469 e. The van der Waals surface area contributed by atoms with E-state index in [0.717, 1.165) is 77.0 Å². The maximum atomic E-state index is 13.6. The van der Waals surface area contributed by atoms with Gasteiger partial charge in [0, 0.05) is 26.4 Å². The van der Waals surface area contributed by atoms with Gasteiger partial charge in [0.05, 0.1) is 37.3 Å². The lowest BCUT2D eigenvalue weighted by Gasteiger charge is -2.32. The highest BCUT2D eigenvalue weighted by Crippen LogP contribution is 2.46. The summed E-state index contributed by atoms with van der Waals surface area (Å²) in [5.41, 5.74) is 0.695. The third-order valence-corrected chi connectivity index (χ3v) is 16.2. The molecule has 3 rings (SSSR count). The van der Waals surface area contributed by atoms with Gasteiger partial charge in [0.2, 0.25) is 11.8 Å². The van der Waals surface area contributed by atoms with Crippen LogP contribution in [-0.4, -0.2) is 63.3 Å². The number of fused-ring (bicyclic) bond motifs is 1. The highest BCUT2D eigenvalue weighted by molar-refractivity contribution is 6.22. The molecule has 1 aliphatic heterocycles. The number of esters is 3. The molecule has 1 saturated heterocycles. The molecule has 1 aromatic rings. The number of carbonyl (C=O) groups is 5. The van der Waals surface area contributed by atoms with Gasteiger partial charge in [-0.2, -0.15) is 0 Å². The number of ether oxygens (including phenoxy) is 4. The van der Waals surface area contributed by atoms with Crippen molar-refractivity contribution in [2.75, 3.05) is 32.3 Å². The summed E-state index contributed by atoms with van der Waals surface area (Å²) in [6, 6.07) is 9.40. The van der Waals surface area contributed by atoms with Crippen molar-refractivity contribution in [3.63, 3.8) is 0 Å². The lowest BCUT2D eigenvalue weighted by molar-refractivity contribution is -0.147. The van der Waals surface area contributed by atoms with Crippen LogP contribution >= 0.6 is 0 Å². The Balaban J connectivity index is 0.000000638. The maximum absolute atomic E-state index is 13.6. The molecule has 1 aliphatic carbocycles. The van der Waals surface area contributed by atoms with E-state index in [4.69, 9.17) is 18.9 Å². The summed E-state index contributed by atoms with van der Waals surface area (Å²) in [7, 11) is 3.05. The van der Waals surface area contributed by atoms with Crippen molar-refractivity contribution in [3.8, 4) is 0 Å². The van der Waals surface area contributed by atoms with Crippen LogP contribution < -0.4 is 4.90 Å². The summed E-state index contributed by atoms with van der Waals surface area (Å²) < 4.78 is 20.1. The lowest BCUT2D eigenvalue weighted by Crippen LogP contribution is -2.33. The lowest BCUT2D eigenvalue weighted by atomic mass is 9.69. The number of nitrogens with zero attached hydrogens (tertiary/aromatic N) is 1. The van der Waals surface area contributed by atoms with Gasteiger partial charge in [0.15, 0.2) is 0 Å². The molecule has 0 N–H and O–H groups in total. The molecule has 0 saturated carbocycles. The van der Waals surface area contributed by atoms with Gasteiger partial charge in [-0.25, -0.2) is 0 Å². The van der Waals surface area contributed by atoms with Gasteiger partial charge in [-0.15, -0.1) is 0 Å². The van der Waals surface area contributed by atoms with Crippen molar-refractivity contribution in [1.82, 2.24) is 0 Å². The second kappa shape index (κ2) is 54.6. The molecule has 2 aliphatic rings. The van der Waals surface area contributed by atoms with E-state index in [1.165, 1.54) is 173 Å². The van der Waals surface area contributed by atoms with Gasteiger partial charge in [-0.1, -0.05) is 243 Å². The Hall–Kier alpha value is -4.05. The minimum absolute atomic E-state index is 0.0150. The predicted octanol–water partition coefficient (Wildman–Crippen LogP) is 20.3. The zero-order valence-corrected chi connectivity index (χ0v) is 54.6. The summed E-state index contributed by atoms with van der Waals surface area (Å²) in [6.07, 6.45) is 60.4. The van der Waals surface area contributed by atoms with E-state index in [0.29, 0.717) is 44.1 Å². The van der Waals surface area contributed by atoms with Crippen LogP contribution in [0.2, 0.25) is 0 Å². The van der Waals surface area contributed by atoms with Crippen molar-refractivity contribution in [3.05, 3.63) is 66.8 Å². The van der Waals surface area contributed by atoms with Crippen LogP contribution in [0.25, 0.3) is 0 Å². The SMILES string of the molecule is CCCCCCC1C=CC(CCCCCCCC(=O)OC)C2C(=O)N(c3ccccc3)C(=O)C12.CCCCCCCC/C=C/CCCCCCCC(=O)OCC(C)C.CCCCCCCC/C=C\CCCCCCCC(=O)OCC(C)OC. The van der Waals surface area contributed by atoms with E-state index >= 15 is 0 Å². The normalized spacial score (nSPS) is 16.9. The van der Waals surface area contributed by atoms with Gasteiger partial charge in [0.1, 0.15) is 6.61 Å². The number of methoxy groups -OCH3 is 2. The molecule has 0 radical (unpaired) electrons. The Labute approximate surface area is 509 Å². The molecule has 5 unspecified atom stereocenters. The largest absolute Gasteiger partial charge is 0.469 e. The standard InChI is InChI=1S/C29H41NO4.C22H42O3.C22H42O2/c1-3-4-5-10-15-22-20-21-23(16-11-7-6-8-14-19-25(31)34-2)27-26(22)28(32)30(29(27)33)24-17-12-9-13-18-24;1-4-5-6-7-8-9-10-11-12-13-14-15-16-17-18-19-22(23)25-20-21(2)24-3;1-4-5-6-7-8-9-10-11-12-13-14-15-16-17-18-19-22(23)24-20-21(2)3/h9,12-13,17-18,20-23,26-27H,3-8,10-11,14-16,19H2,1-2H3;11-12,21H,4-10,13-20H2,1-3H3;11-12,21H,4-10,13-20H2,1-3H3/b;12-11-;12-11+. The fourth-order valence-electron chi connectivity index (χ4n) is 11.0. The third kappa shape index (κ3) is 40.8. The molecular formula is C73H125NO9. The molecule has 2 amide bonds. The molecule has 10 nitrogen and oxygen atoms in total. The van der Waals surface area contributed by atoms with E-state index in [9.17, 15) is 24.0 Å². The number of hydrogen-bond acceptors (Lipinski definition) is 9. The van der Waals surface area contributed by atoms with Gasteiger partial charge in [-0.3, -0.25) is 28.9 Å². The molecule has 1 fully saturated rings. The summed E-state index contributed by atoms with van der Waals surface area (Å²) >= 11 is 0. The number of unbranched alkanes of at least 4 members (excludes halogenated alkanes) is 29. The van der Waals surface area contributed by atoms with Gasteiger partial charge in [-0.05, 0) is 120 Å². The number of benzene rings is 1. The highest BCUT2D eigenvalue weighted by Gasteiger charge is 2.54. The zero-order chi connectivity index (χ0) is 60.8. The Kier molecular flexibility index (Phi) is 50.6. The Bertz CT molecular complexity index is 1820. The van der Waals surface area contributed by atoms with Gasteiger partial charge >= 0.3 is 17.9 Å². The summed E-state index contributed by atoms with van der Waals surface area (Å²) in [5.74, 6) is -0.0664. The molecule has 83 heavy (non-hydrogen) atoms. The molecular weight excluding hydrogens is 1030 g/mol. The summed E-state index contributed by atoms with van der Waals surface area (Å²) in [4.78, 5) is 62.8. The second-order valence-corrected chi connectivity index (χ2v) is 24.3. The molecule has 476 valence electrons. The van der Waals surface area contributed by atoms with E-state index in [1.54, 1.807) is 7.11 Å². The minimum atomic E-state index is -0.242. The molecule has 0 bridgehead atoms. The topological polar surface area (TPSA) is 126 Å². The number of imide groups is 1. The van der Waals surface area contributed by atoms with Crippen molar-refractivity contribution < 1.29 is 42.9 Å². The van der Waals surface area contributed by atoms with E-state index in [2.05, 4.69) is 71.1 Å². The van der Waals surface area contributed by atoms with Crippen molar-refractivity contribution in [2.45, 2.75) is 304 Å². The van der Waals surface area contributed by atoms with E-state index in [1.807, 2.05) is 37.3 Å². The van der Waals surface area contributed by atoms with Crippen LogP contribution in [0.15, 0.2) is 66.8 Å². The third-order valence-electron chi connectivity index (χ3n) is 16.2. The predicted molar refractivity (Wildman–Crippen MR) is 347 cm³/mol. The van der Waals surface area contributed by atoms with E-state index < -0.39 is 0 Å². The molecule has 1 aromatic carbocycles. The Morgan fingerprint density at radius 2 is 0.783 bits per heavy atom. The highest BCUT2D eigenvalue weighted by atomic mass is 16.6. The van der Waals surface area contributed by atoms with Crippen LogP contribution in [0, 0.1) is 29.6 Å². The quantitative estimate of drug-likeness (QED) is 0.0206. The number of anilines is 1. The first-order valence-electron chi connectivity index (χ1n) is 34.3. The van der Waals surface area contributed by atoms with E-state index in [-0.39, 0.29) is 59.5 Å². The Morgan fingerprint density at radius 1 is 0.446 bits per heavy atom. The average molecular weight is 1160 g/mol. The van der Waals surface area contributed by atoms with Crippen LogP contribution in [-0.2, 0) is 42.9 Å². The fraction of sp³-hybridized carbons (Fsp3) is 0.767.